The number of halogens is 3. The second-order valence-electron chi connectivity index (χ2n) is 8.84. The Kier molecular flexibility index (Phi) is 8.34. The molecule has 1 heterocycles. The topological polar surface area (TPSA) is 113 Å². The summed E-state index contributed by atoms with van der Waals surface area (Å²) in [6.45, 7) is 4.72. The predicted molar refractivity (Wildman–Crippen MR) is 126 cm³/mol. The van der Waals surface area contributed by atoms with Crippen LogP contribution < -0.4 is 15.6 Å². The van der Waals surface area contributed by atoms with E-state index in [2.05, 4.69) is 10.4 Å². The maximum Gasteiger partial charge on any atom is 0.426 e. The molecule has 2 N–H and O–H groups in total. The Morgan fingerprint density at radius 3 is 2.38 bits per heavy atom. The van der Waals surface area contributed by atoms with Crippen LogP contribution >= 0.6 is 0 Å². The molecule has 0 atom stereocenters. The van der Waals surface area contributed by atoms with Gasteiger partial charge in [0.25, 0.3) is 0 Å². The first-order chi connectivity index (χ1) is 17.4. The lowest BCUT2D eigenvalue weighted by molar-refractivity contribution is -0.121. The lowest BCUT2D eigenvalue weighted by Crippen LogP contribution is -2.44. The van der Waals surface area contributed by atoms with Crippen LogP contribution in [0.4, 0.5) is 18.0 Å². The van der Waals surface area contributed by atoms with Crippen molar-refractivity contribution in [2.24, 2.45) is 0 Å². The van der Waals surface area contributed by atoms with Crippen LogP contribution in [0.25, 0.3) is 11.3 Å². The first-order valence-electron chi connectivity index (χ1n) is 11.0. The van der Waals surface area contributed by atoms with Gasteiger partial charge in [-0.25, -0.2) is 28.4 Å². The van der Waals surface area contributed by atoms with Crippen molar-refractivity contribution in [1.82, 2.24) is 15.8 Å². The van der Waals surface area contributed by atoms with Gasteiger partial charge in [0.1, 0.15) is 29.7 Å². The van der Waals surface area contributed by atoms with Gasteiger partial charge in [-0.05, 0) is 51.1 Å². The van der Waals surface area contributed by atoms with Crippen molar-refractivity contribution in [2.75, 3.05) is 0 Å². The lowest BCUT2D eigenvalue weighted by atomic mass is 10.0. The van der Waals surface area contributed by atoms with E-state index in [4.69, 9.17) is 14.7 Å². The summed E-state index contributed by atoms with van der Waals surface area (Å²) in [6, 6.07) is 11.9. The van der Waals surface area contributed by atoms with E-state index in [1.807, 2.05) is 11.5 Å². The van der Waals surface area contributed by atoms with Crippen LogP contribution in [0.15, 0.2) is 48.5 Å². The Hall–Kier alpha value is -4.59. The number of aromatic nitrogens is 1. The van der Waals surface area contributed by atoms with E-state index in [0.717, 1.165) is 18.2 Å². The Bertz CT molecular complexity index is 1370. The fourth-order valence-electron chi connectivity index (χ4n) is 3.09. The van der Waals surface area contributed by atoms with Crippen LogP contribution in [0.5, 0.6) is 5.88 Å². The van der Waals surface area contributed by atoms with Crippen molar-refractivity contribution in [3.8, 4) is 23.2 Å². The van der Waals surface area contributed by atoms with E-state index in [1.165, 1.54) is 30.3 Å². The number of nitrogens with one attached hydrogen (secondary N) is 2. The summed E-state index contributed by atoms with van der Waals surface area (Å²) in [5, 5.41) is 8.82. The van der Waals surface area contributed by atoms with Crippen LogP contribution in [-0.4, -0.2) is 22.6 Å². The number of nitriles is 1. The molecule has 11 heteroatoms. The quantitative estimate of drug-likeness (QED) is 0.463. The van der Waals surface area contributed by atoms with Gasteiger partial charge in [0.2, 0.25) is 11.8 Å². The molecular weight excluding hydrogens is 489 g/mol. The van der Waals surface area contributed by atoms with E-state index in [9.17, 15) is 22.8 Å². The van der Waals surface area contributed by atoms with Crippen LogP contribution in [0.2, 0.25) is 0 Å². The summed E-state index contributed by atoms with van der Waals surface area (Å²) in [5.41, 5.74) is 3.30. The summed E-state index contributed by atoms with van der Waals surface area (Å²) < 4.78 is 54.0. The van der Waals surface area contributed by atoms with Crippen molar-refractivity contribution in [1.29, 1.82) is 5.26 Å². The number of hydrogen-bond donors (Lipinski definition) is 2. The molecule has 3 aromatic rings. The van der Waals surface area contributed by atoms with Gasteiger partial charge in [-0.1, -0.05) is 12.1 Å². The van der Waals surface area contributed by atoms with Gasteiger partial charge in [0.05, 0.1) is 23.7 Å². The first-order valence-corrected chi connectivity index (χ1v) is 11.0. The number of carbonyl (C=O) groups excluding carboxylic acids is 2. The van der Waals surface area contributed by atoms with Crippen LogP contribution in [0, 0.1) is 28.8 Å². The number of pyridine rings is 1. The Labute approximate surface area is 211 Å². The number of hydrogen-bond acceptors (Lipinski definition) is 6. The smallest absolute Gasteiger partial charge is 0.426 e. The highest BCUT2D eigenvalue weighted by molar-refractivity contribution is 5.81. The van der Waals surface area contributed by atoms with Gasteiger partial charge in [0, 0.05) is 22.8 Å². The zero-order chi connectivity index (χ0) is 27.2. The highest BCUT2D eigenvalue weighted by Gasteiger charge is 2.18. The van der Waals surface area contributed by atoms with Crippen molar-refractivity contribution in [2.45, 2.75) is 39.4 Å². The predicted octanol–water partition coefficient (Wildman–Crippen LogP) is 4.71. The Morgan fingerprint density at radius 1 is 0.973 bits per heavy atom. The molecule has 0 radical (unpaired) electrons. The SMILES string of the molecule is CC(C)(C)OC(=O)NNC(=O)Cc1cc(F)c(-c2cccc(OCc3ccc(C#N)cc3F)n2)cc1F. The summed E-state index contributed by atoms with van der Waals surface area (Å²) in [7, 11) is 0. The number of amides is 2. The van der Waals surface area contributed by atoms with Crippen LogP contribution in [0.1, 0.15) is 37.5 Å². The van der Waals surface area contributed by atoms with E-state index >= 15 is 0 Å². The molecule has 0 unspecified atom stereocenters. The molecule has 3 rings (SSSR count). The van der Waals surface area contributed by atoms with Crippen LogP contribution in [-0.2, 0) is 22.6 Å². The maximum atomic E-state index is 14.8. The highest BCUT2D eigenvalue weighted by Crippen LogP contribution is 2.26. The standard InChI is InChI=1S/C26H23F3N4O4/c1-26(2,3)37-25(35)33-32-23(34)11-17-10-21(29)18(12-20(17)28)22-5-4-6-24(31-22)36-14-16-8-7-15(13-30)9-19(16)27/h4-10,12H,11,14H2,1-3H3,(H,32,34)(H,33,35). The largest absolute Gasteiger partial charge is 0.473 e. The summed E-state index contributed by atoms with van der Waals surface area (Å²) in [5.74, 6) is -3.08. The number of ether oxygens (including phenoxy) is 2. The molecule has 0 bridgehead atoms. The van der Waals surface area contributed by atoms with E-state index in [-0.39, 0.29) is 40.4 Å². The van der Waals surface area contributed by atoms with Crippen molar-refractivity contribution < 1.29 is 32.2 Å². The molecule has 0 spiro atoms. The molecule has 8 nitrogen and oxygen atoms in total. The molecule has 2 amide bonds. The van der Waals surface area contributed by atoms with Gasteiger partial charge in [-0.15, -0.1) is 0 Å². The maximum absolute atomic E-state index is 14.8. The molecule has 0 aliphatic rings. The number of benzene rings is 2. The number of rotatable bonds is 6. The fraction of sp³-hybridized carbons (Fsp3) is 0.231. The summed E-state index contributed by atoms with van der Waals surface area (Å²) in [6.07, 6.45) is -1.45. The minimum absolute atomic E-state index is 0.0396. The third-order valence-electron chi connectivity index (χ3n) is 4.75. The molecule has 192 valence electrons. The van der Waals surface area contributed by atoms with Crippen molar-refractivity contribution in [3.63, 3.8) is 0 Å². The molecule has 2 aromatic carbocycles. The Morgan fingerprint density at radius 2 is 1.70 bits per heavy atom. The minimum Gasteiger partial charge on any atom is -0.473 e. The third-order valence-corrected chi connectivity index (χ3v) is 4.75. The normalized spacial score (nSPS) is 10.8. The van der Waals surface area contributed by atoms with E-state index in [0.29, 0.717) is 0 Å². The average molecular weight is 512 g/mol. The van der Waals surface area contributed by atoms with Gasteiger partial charge in [0.15, 0.2) is 0 Å². The number of nitrogens with zero attached hydrogens (tertiary/aromatic N) is 2. The monoisotopic (exact) mass is 512 g/mol. The van der Waals surface area contributed by atoms with Crippen LogP contribution in [0.3, 0.4) is 0 Å². The zero-order valence-electron chi connectivity index (χ0n) is 20.2. The second kappa shape index (κ2) is 11.4. The van der Waals surface area contributed by atoms with Crippen molar-refractivity contribution >= 4 is 12.0 Å². The molecule has 0 fully saturated rings. The first kappa shape index (κ1) is 27.0. The van der Waals surface area contributed by atoms with Gasteiger partial charge in [-0.3, -0.25) is 10.2 Å². The molecule has 0 aliphatic carbocycles. The molecule has 0 saturated heterocycles. The van der Waals surface area contributed by atoms with Gasteiger partial charge in [-0.2, -0.15) is 5.26 Å². The van der Waals surface area contributed by atoms with Gasteiger partial charge >= 0.3 is 6.09 Å². The summed E-state index contributed by atoms with van der Waals surface area (Å²) in [4.78, 5) is 27.8. The zero-order valence-corrected chi connectivity index (χ0v) is 20.2. The molecule has 37 heavy (non-hydrogen) atoms. The van der Waals surface area contributed by atoms with Gasteiger partial charge < -0.3 is 9.47 Å². The van der Waals surface area contributed by atoms with E-state index in [1.54, 1.807) is 20.8 Å². The third kappa shape index (κ3) is 7.70. The fourth-order valence-corrected chi connectivity index (χ4v) is 3.09. The molecule has 0 aliphatic heterocycles. The lowest BCUT2D eigenvalue weighted by Gasteiger charge is -2.19. The number of carbonyl (C=O) groups is 2. The average Bonchev–Trinajstić information content (AvgIpc) is 2.83. The Balaban J connectivity index is 1.68. The molecular formula is C26H23F3N4O4. The minimum atomic E-state index is -0.905. The van der Waals surface area contributed by atoms with Crippen molar-refractivity contribution in [3.05, 3.63) is 82.7 Å². The number of hydrazine groups is 1. The second-order valence-corrected chi connectivity index (χ2v) is 8.84. The van der Waals surface area contributed by atoms with E-state index < -0.39 is 41.5 Å². The highest BCUT2D eigenvalue weighted by atomic mass is 19.1. The molecule has 0 saturated carbocycles. The molecule has 1 aromatic heterocycles. The summed E-state index contributed by atoms with van der Waals surface area (Å²) >= 11 is 0.